The second-order valence-corrected chi connectivity index (χ2v) is 6.67. The maximum atomic E-state index is 8.36. The first-order valence-electron chi connectivity index (χ1n) is 8.88. The van der Waals surface area contributed by atoms with E-state index in [1.165, 1.54) is 70.4 Å². The van der Waals surface area contributed by atoms with Crippen LogP contribution in [-0.2, 0) is 11.3 Å². The van der Waals surface area contributed by atoms with Crippen molar-refractivity contribution in [2.75, 3.05) is 32.7 Å². The van der Waals surface area contributed by atoms with Crippen molar-refractivity contribution in [3.05, 3.63) is 35.9 Å². The number of hydrogen-bond acceptors (Lipinski definition) is 3. The van der Waals surface area contributed by atoms with Gasteiger partial charge in [0, 0.05) is 39.3 Å². The standard InChI is InChI=1S/C18H28N2.CH2O2/c1-3-7-17(8-4-1)15-19-11-13-20(14-12-19)16-18-9-5-2-6-10-18;2-1-3/h1,3-4,7-8,18H,2,5-6,9-16H2;1H,(H,2,3). The van der Waals surface area contributed by atoms with Crippen LogP contribution in [0.1, 0.15) is 37.7 Å². The van der Waals surface area contributed by atoms with Crippen LogP contribution in [0.5, 0.6) is 0 Å². The summed E-state index contributed by atoms with van der Waals surface area (Å²) in [5.41, 5.74) is 1.45. The van der Waals surface area contributed by atoms with E-state index in [0.717, 1.165) is 12.5 Å². The summed E-state index contributed by atoms with van der Waals surface area (Å²) in [4.78, 5) is 13.7. The molecular weight excluding hydrogens is 288 g/mol. The van der Waals surface area contributed by atoms with Crippen molar-refractivity contribution < 1.29 is 9.90 Å². The average molecular weight is 318 g/mol. The fourth-order valence-corrected chi connectivity index (χ4v) is 3.71. The molecule has 3 rings (SSSR count). The molecule has 1 aliphatic heterocycles. The molecule has 1 saturated carbocycles. The first-order valence-corrected chi connectivity index (χ1v) is 8.88. The van der Waals surface area contributed by atoms with E-state index in [1.807, 2.05) is 0 Å². The fourth-order valence-electron chi connectivity index (χ4n) is 3.71. The summed E-state index contributed by atoms with van der Waals surface area (Å²) in [5.74, 6) is 0.990. The van der Waals surface area contributed by atoms with Gasteiger partial charge in [-0.25, -0.2) is 0 Å². The lowest BCUT2D eigenvalue weighted by atomic mass is 9.89. The van der Waals surface area contributed by atoms with Gasteiger partial charge in [-0.3, -0.25) is 9.69 Å². The molecule has 0 aromatic heterocycles. The van der Waals surface area contributed by atoms with E-state index >= 15 is 0 Å². The molecule has 0 radical (unpaired) electrons. The van der Waals surface area contributed by atoms with Gasteiger partial charge in [0.1, 0.15) is 0 Å². The molecule has 128 valence electrons. The highest BCUT2D eigenvalue weighted by Crippen LogP contribution is 2.24. The minimum Gasteiger partial charge on any atom is -0.483 e. The van der Waals surface area contributed by atoms with Gasteiger partial charge in [-0.15, -0.1) is 0 Å². The Labute approximate surface area is 140 Å². The molecule has 0 spiro atoms. The van der Waals surface area contributed by atoms with Crippen LogP contribution in [0.4, 0.5) is 0 Å². The molecule has 1 aliphatic carbocycles. The van der Waals surface area contributed by atoms with Gasteiger partial charge in [0.05, 0.1) is 0 Å². The molecule has 1 heterocycles. The van der Waals surface area contributed by atoms with Gasteiger partial charge in [-0.2, -0.15) is 0 Å². The summed E-state index contributed by atoms with van der Waals surface area (Å²) in [6.07, 6.45) is 7.37. The number of benzene rings is 1. The average Bonchev–Trinajstić information content (AvgIpc) is 2.59. The predicted molar refractivity (Wildman–Crippen MR) is 93.4 cm³/mol. The highest BCUT2D eigenvalue weighted by molar-refractivity contribution is 5.32. The molecule has 2 aliphatic rings. The van der Waals surface area contributed by atoms with E-state index in [4.69, 9.17) is 9.90 Å². The lowest BCUT2D eigenvalue weighted by Crippen LogP contribution is -2.47. The van der Waals surface area contributed by atoms with Crippen molar-refractivity contribution >= 4 is 6.47 Å². The van der Waals surface area contributed by atoms with Gasteiger partial charge in [-0.05, 0) is 24.3 Å². The molecule has 2 fully saturated rings. The first-order chi connectivity index (χ1) is 11.3. The molecule has 0 amide bonds. The van der Waals surface area contributed by atoms with E-state index in [-0.39, 0.29) is 6.47 Å². The third-order valence-corrected chi connectivity index (χ3v) is 4.96. The van der Waals surface area contributed by atoms with Crippen LogP contribution in [0.25, 0.3) is 0 Å². The Hall–Kier alpha value is -1.39. The van der Waals surface area contributed by atoms with Gasteiger partial charge < -0.3 is 10.0 Å². The maximum absolute atomic E-state index is 8.36. The zero-order valence-corrected chi connectivity index (χ0v) is 14.1. The van der Waals surface area contributed by atoms with E-state index < -0.39 is 0 Å². The van der Waals surface area contributed by atoms with Crippen LogP contribution >= 0.6 is 0 Å². The first kappa shape index (κ1) is 18.0. The zero-order valence-electron chi connectivity index (χ0n) is 14.1. The number of piperazine rings is 1. The SMILES string of the molecule is O=CO.c1ccc(CN2CCN(CC3CCCCC3)CC2)cc1. The van der Waals surface area contributed by atoms with Crippen LogP contribution in [0, 0.1) is 5.92 Å². The van der Waals surface area contributed by atoms with Crippen molar-refractivity contribution in [1.82, 2.24) is 9.80 Å². The molecule has 0 unspecified atom stereocenters. The molecule has 23 heavy (non-hydrogen) atoms. The summed E-state index contributed by atoms with van der Waals surface area (Å²) < 4.78 is 0. The molecule has 1 aromatic rings. The van der Waals surface area contributed by atoms with Gasteiger partial charge in [0.15, 0.2) is 0 Å². The van der Waals surface area contributed by atoms with E-state index in [1.54, 1.807) is 0 Å². The Morgan fingerprint density at radius 3 is 2.13 bits per heavy atom. The lowest BCUT2D eigenvalue weighted by Gasteiger charge is -2.37. The highest BCUT2D eigenvalue weighted by atomic mass is 16.3. The maximum Gasteiger partial charge on any atom is 0.290 e. The number of carbonyl (C=O) groups is 1. The van der Waals surface area contributed by atoms with E-state index in [9.17, 15) is 0 Å². The third kappa shape index (κ3) is 6.71. The fraction of sp³-hybridized carbons (Fsp3) is 0.632. The quantitative estimate of drug-likeness (QED) is 0.867. The van der Waals surface area contributed by atoms with Gasteiger partial charge >= 0.3 is 0 Å². The van der Waals surface area contributed by atoms with Crippen molar-refractivity contribution in [3.8, 4) is 0 Å². The normalized spacial score (nSPS) is 20.5. The Kier molecular flexibility index (Phi) is 8.12. The van der Waals surface area contributed by atoms with E-state index in [0.29, 0.717) is 0 Å². The van der Waals surface area contributed by atoms with Crippen LogP contribution in [0.15, 0.2) is 30.3 Å². The summed E-state index contributed by atoms with van der Waals surface area (Å²) in [6, 6.07) is 10.9. The number of rotatable bonds is 4. The Morgan fingerprint density at radius 1 is 0.957 bits per heavy atom. The largest absolute Gasteiger partial charge is 0.483 e. The zero-order chi connectivity index (χ0) is 16.3. The van der Waals surface area contributed by atoms with Crippen molar-refractivity contribution in [1.29, 1.82) is 0 Å². The van der Waals surface area contributed by atoms with Crippen molar-refractivity contribution in [3.63, 3.8) is 0 Å². The lowest BCUT2D eigenvalue weighted by molar-refractivity contribution is -0.122. The molecule has 0 bridgehead atoms. The summed E-state index contributed by atoms with van der Waals surface area (Å²) in [7, 11) is 0. The van der Waals surface area contributed by atoms with Crippen molar-refractivity contribution in [2.45, 2.75) is 38.6 Å². The topological polar surface area (TPSA) is 43.8 Å². The highest BCUT2D eigenvalue weighted by Gasteiger charge is 2.21. The smallest absolute Gasteiger partial charge is 0.290 e. The van der Waals surface area contributed by atoms with Gasteiger partial charge in [-0.1, -0.05) is 49.6 Å². The van der Waals surface area contributed by atoms with Gasteiger partial charge in [0.25, 0.3) is 6.47 Å². The molecule has 1 saturated heterocycles. The van der Waals surface area contributed by atoms with Crippen LogP contribution < -0.4 is 0 Å². The molecule has 0 atom stereocenters. The summed E-state index contributed by atoms with van der Waals surface area (Å²) >= 11 is 0. The van der Waals surface area contributed by atoms with E-state index in [2.05, 4.69) is 40.1 Å². The molecule has 1 N–H and O–H groups in total. The Bertz CT molecular complexity index is 424. The molecular formula is C19H30N2O2. The van der Waals surface area contributed by atoms with Crippen LogP contribution in [-0.4, -0.2) is 54.1 Å². The summed E-state index contributed by atoms with van der Waals surface area (Å²) in [6.45, 7) is 7.24. The third-order valence-electron chi connectivity index (χ3n) is 4.96. The van der Waals surface area contributed by atoms with Crippen LogP contribution in [0.2, 0.25) is 0 Å². The molecule has 4 nitrogen and oxygen atoms in total. The van der Waals surface area contributed by atoms with Crippen LogP contribution in [0.3, 0.4) is 0 Å². The van der Waals surface area contributed by atoms with Crippen molar-refractivity contribution in [2.24, 2.45) is 5.92 Å². The minimum atomic E-state index is -0.250. The predicted octanol–water partition coefficient (Wildman–Crippen LogP) is 3.09. The number of carboxylic acid groups (broad SMARTS) is 1. The monoisotopic (exact) mass is 318 g/mol. The summed E-state index contributed by atoms with van der Waals surface area (Å²) in [5, 5.41) is 6.89. The number of nitrogens with zero attached hydrogens (tertiary/aromatic N) is 2. The number of hydrogen-bond donors (Lipinski definition) is 1. The molecule has 4 heteroatoms. The van der Waals surface area contributed by atoms with Gasteiger partial charge in [0.2, 0.25) is 0 Å². The molecule has 1 aromatic carbocycles. The minimum absolute atomic E-state index is 0.250. The second kappa shape index (κ2) is 10.4. The Morgan fingerprint density at radius 2 is 1.52 bits per heavy atom. The Balaban J connectivity index is 0.000000595. The second-order valence-electron chi connectivity index (χ2n) is 6.67.